The van der Waals surface area contributed by atoms with E-state index in [0.717, 1.165) is 24.3 Å². The summed E-state index contributed by atoms with van der Waals surface area (Å²) in [4.78, 5) is 0. The largest absolute Gasteiger partial charge is 0.314 e. The van der Waals surface area contributed by atoms with Gasteiger partial charge in [0.15, 0.2) is 0 Å². The van der Waals surface area contributed by atoms with Crippen molar-refractivity contribution < 1.29 is 0 Å². The average molecular weight is 397 g/mol. The maximum Gasteiger partial charge on any atom is 0.0130 e. The van der Waals surface area contributed by atoms with Crippen molar-refractivity contribution in [3.63, 3.8) is 0 Å². The molecule has 0 aromatic heterocycles. The average Bonchev–Trinajstić information content (AvgIpc) is 3.09. The molecular formula is C19H28IN. The Bertz CT molecular complexity index is 441. The number of hydrogen-bond acceptors (Lipinski definition) is 1. The van der Waals surface area contributed by atoms with Gasteiger partial charge in [0.1, 0.15) is 0 Å². The summed E-state index contributed by atoms with van der Waals surface area (Å²) in [6.07, 6.45) is 9.92. The van der Waals surface area contributed by atoms with Crippen molar-refractivity contribution in [2.75, 3.05) is 6.54 Å². The summed E-state index contributed by atoms with van der Waals surface area (Å²) in [6.45, 7) is 3.43. The summed E-state index contributed by atoms with van der Waals surface area (Å²) in [5.74, 6) is 3.13. The second kappa shape index (κ2) is 7.45. The smallest absolute Gasteiger partial charge is 0.0130 e. The summed E-state index contributed by atoms with van der Waals surface area (Å²) in [5, 5.41) is 3.82. The van der Waals surface area contributed by atoms with Crippen LogP contribution in [0.1, 0.15) is 51.0 Å². The minimum absolute atomic E-state index is 0.675. The lowest BCUT2D eigenvalue weighted by Gasteiger charge is -2.27. The van der Waals surface area contributed by atoms with Crippen molar-refractivity contribution in [1.82, 2.24) is 5.32 Å². The van der Waals surface area contributed by atoms with E-state index in [0.29, 0.717) is 6.04 Å². The number of benzene rings is 1. The van der Waals surface area contributed by atoms with Gasteiger partial charge in [-0.05, 0) is 103 Å². The highest BCUT2D eigenvalue weighted by molar-refractivity contribution is 14.1. The lowest BCUT2D eigenvalue weighted by Crippen LogP contribution is -2.34. The summed E-state index contributed by atoms with van der Waals surface area (Å²) in [5.41, 5.74) is 1.49. The molecule has 116 valence electrons. The van der Waals surface area contributed by atoms with Crippen LogP contribution < -0.4 is 5.32 Å². The van der Waals surface area contributed by atoms with Crippen molar-refractivity contribution in [3.8, 4) is 0 Å². The Morgan fingerprint density at radius 3 is 2.62 bits per heavy atom. The van der Waals surface area contributed by atoms with Crippen molar-refractivity contribution in [2.24, 2.45) is 17.8 Å². The second-order valence-corrected chi connectivity index (χ2v) is 8.40. The lowest BCUT2D eigenvalue weighted by atomic mass is 9.83. The molecule has 4 atom stereocenters. The Hall–Kier alpha value is -0.0900. The van der Waals surface area contributed by atoms with Gasteiger partial charge in [-0.15, -0.1) is 0 Å². The predicted molar refractivity (Wildman–Crippen MR) is 98.5 cm³/mol. The third-order valence-corrected chi connectivity index (χ3v) is 6.27. The third kappa shape index (κ3) is 4.22. The molecule has 1 aromatic carbocycles. The molecule has 0 heterocycles. The fourth-order valence-electron chi connectivity index (χ4n) is 4.52. The Labute approximate surface area is 143 Å². The van der Waals surface area contributed by atoms with Gasteiger partial charge in [-0.3, -0.25) is 0 Å². The highest BCUT2D eigenvalue weighted by atomic mass is 127. The number of fused-ring (bicyclic) bond motifs is 2. The molecule has 0 amide bonds. The van der Waals surface area contributed by atoms with Crippen LogP contribution in [0, 0.1) is 21.3 Å². The molecule has 0 spiro atoms. The highest BCUT2D eigenvalue weighted by Gasteiger charge is 2.39. The monoisotopic (exact) mass is 397 g/mol. The fourth-order valence-corrected chi connectivity index (χ4v) is 4.88. The molecule has 4 unspecified atom stereocenters. The highest BCUT2D eigenvalue weighted by Crippen LogP contribution is 2.50. The number of nitrogens with one attached hydrogen (secondary N) is 1. The lowest BCUT2D eigenvalue weighted by molar-refractivity contribution is 0.276. The summed E-state index contributed by atoms with van der Waals surface area (Å²) in [6, 6.07) is 9.77. The molecule has 2 aliphatic rings. The van der Waals surface area contributed by atoms with E-state index in [1.807, 2.05) is 0 Å². The zero-order valence-corrected chi connectivity index (χ0v) is 15.3. The summed E-state index contributed by atoms with van der Waals surface area (Å²) < 4.78 is 1.34. The van der Waals surface area contributed by atoms with Crippen LogP contribution in [0.15, 0.2) is 24.3 Å². The molecule has 2 saturated carbocycles. The first-order chi connectivity index (χ1) is 10.2. The Balaban J connectivity index is 1.59. The molecule has 1 nitrogen and oxygen atoms in total. The SMILES string of the molecule is CCCNC(Cc1ccc(I)cc1)CC1CC2CCC1C2. The summed E-state index contributed by atoms with van der Waals surface area (Å²) >= 11 is 2.39. The maximum absolute atomic E-state index is 3.82. The maximum atomic E-state index is 3.82. The molecule has 21 heavy (non-hydrogen) atoms. The van der Waals surface area contributed by atoms with Crippen LogP contribution in [0.25, 0.3) is 0 Å². The Kier molecular flexibility index (Phi) is 5.60. The topological polar surface area (TPSA) is 12.0 Å². The standard InChI is InChI=1S/C19H28IN/c1-2-9-21-19(12-14-4-7-18(20)8-5-14)13-17-11-15-3-6-16(17)10-15/h4-5,7-8,15-17,19,21H,2-3,6,9-13H2,1H3. The van der Waals surface area contributed by atoms with Crippen molar-refractivity contribution in [3.05, 3.63) is 33.4 Å². The minimum Gasteiger partial charge on any atom is -0.314 e. The number of hydrogen-bond donors (Lipinski definition) is 1. The minimum atomic E-state index is 0.675. The zero-order chi connectivity index (χ0) is 14.7. The molecule has 1 N–H and O–H groups in total. The van der Waals surface area contributed by atoms with Crippen LogP contribution in [0.5, 0.6) is 0 Å². The van der Waals surface area contributed by atoms with E-state index in [4.69, 9.17) is 0 Å². The van der Waals surface area contributed by atoms with Gasteiger partial charge in [0.25, 0.3) is 0 Å². The van der Waals surface area contributed by atoms with Crippen LogP contribution in [0.3, 0.4) is 0 Å². The molecule has 2 heteroatoms. The van der Waals surface area contributed by atoms with Crippen molar-refractivity contribution in [1.29, 1.82) is 0 Å². The van der Waals surface area contributed by atoms with E-state index in [1.54, 1.807) is 0 Å². The molecule has 1 aromatic rings. The van der Waals surface area contributed by atoms with E-state index < -0.39 is 0 Å². The molecule has 3 rings (SSSR count). The van der Waals surface area contributed by atoms with Crippen LogP contribution >= 0.6 is 22.6 Å². The van der Waals surface area contributed by atoms with Crippen LogP contribution in [0.4, 0.5) is 0 Å². The number of halogens is 1. The van der Waals surface area contributed by atoms with Gasteiger partial charge in [-0.2, -0.15) is 0 Å². The predicted octanol–water partition coefficient (Wildman–Crippen LogP) is 5.03. The van der Waals surface area contributed by atoms with Crippen molar-refractivity contribution >= 4 is 22.6 Å². The fraction of sp³-hybridized carbons (Fsp3) is 0.684. The molecule has 0 radical (unpaired) electrons. The first-order valence-corrected chi connectivity index (χ1v) is 9.80. The van der Waals surface area contributed by atoms with E-state index in [-0.39, 0.29) is 0 Å². The van der Waals surface area contributed by atoms with E-state index in [9.17, 15) is 0 Å². The molecule has 0 aliphatic heterocycles. The first kappa shape index (κ1) is 15.8. The number of rotatable bonds is 7. The third-order valence-electron chi connectivity index (χ3n) is 5.55. The molecule has 2 aliphatic carbocycles. The second-order valence-electron chi connectivity index (χ2n) is 7.15. The molecule has 0 saturated heterocycles. The molecule has 2 bridgehead atoms. The van der Waals surface area contributed by atoms with E-state index in [1.165, 1.54) is 54.1 Å². The molecule has 2 fully saturated rings. The van der Waals surface area contributed by atoms with Crippen molar-refractivity contribution in [2.45, 2.75) is 57.9 Å². The van der Waals surface area contributed by atoms with Gasteiger partial charge in [-0.1, -0.05) is 25.5 Å². The first-order valence-electron chi connectivity index (χ1n) is 8.72. The normalized spacial score (nSPS) is 29.0. The summed E-state index contributed by atoms with van der Waals surface area (Å²) in [7, 11) is 0. The quantitative estimate of drug-likeness (QED) is 0.637. The zero-order valence-electron chi connectivity index (χ0n) is 13.2. The van der Waals surface area contributed by atoms with Gasteiger partial charge in [0.2, 0.25) is 0 Å². The van der Waals surface area contributed by atoms with Gasteiger partial charge >= 0.3 is 0 Å². The molecular weight excluding hydrogens is 369 g/mol. The van der Waals surface area contributed by atoms with Gasteiger partial charge < -0.3 is 5.32 Å². The Morgan fingerprint density at radius 2 is 2.00 bits per heavy atom. The van der Waals surface area contributed by atoms with Gasteiger partial charge in [0, 0.05) is 9.61 Å². The van der Waals surface area contributed by atoms with E-state index in [2.05, 4.69) is 59.1 Å². The van der Waals surface area contributed by atoms with Crippen LogP contribution in [-0.2, 0) is 6.42 Å². The van der Waals surface area contributed by atoms with Crippen LogP contribution in [-0.4, -0.2) is 12.6 Å². The van der Waals surface area contributed by atoms with Gasteiger partial charge in [0.05, 0.1) is 0 Å². The Morgan fingerprint density at radius 1 is 1.19 bits per heavy atom. The van der Waals surface area contributed by atoms with Crippen LogP contribution in [0.2, 0.25) is 0 Å². The van der Waals surface area contributed by atoms with E-state index >= 15 is 0 Å². The van der Waals surface area contributed by atoms with Gasteiger partial charge in [-0.25, -0.2) is 0 Å².